The lowest BCUT2D eigenvalue weighted by molar-refractivity contribution is -0.108. The fourth-order valence-electron chi connectivity index (χ4n) is 2.17. The van der Waals surface area contributed by atoms with Crippen molar-refractivity contribution in [3.05, 3.63) is 59.7 Å². The van der Waals surface area contributed by atoms with Gasteiger partial charge in [-0.3, -0.25) is 5.32 Å². The van der Waals surface area contributed by atoms with Gasteiger partial charge in [0.05, 0.1) is 12.3 Å². The molecule has 6 heteroatoms. The smallest absolute Gasteiger partial charge is 0.411 e. The molecule has 2 rings (SSSR count). The van der Waals surface area contributed by atoms with Crippen molar-refractivity contribution in [2.24, 2.45) is 4.99 Å². The third-order valence-electron chi connectivity index (χ3n) is 3.42. The van der Waals surface area contributed by atoms with Gasteiger partial charge in [0.1, 0.15) is 6.29 Å². The molecule has 1 amide bonds. The van der Waals surface area contributed by atoms with Gasteiger partial charge in [0.25, 0.3) is 0 Å². The third kappa shape index (κ3) is 6.41. The zero-order valence-corrected chi connectivity index (χ0v) is 13.6. The molecule has 2 aromatic carbocycles. The van der Waals surface area contributed by atoms with E-state index in [1.54, 1.807) is 24.3 Å². The molecule has 0 radical (unpaired) electrons. The molecule has 0 unspecified atom stereocenters. The van der Waals surface area contributed by atoms with Crippen LogP contribution in [0.25, 0.3) is 0 Å². The Hall–Kier alpha value is -3.24. The van der Waals surface area contributed by atoms with E-state index in [1.807, 2.05) is 24.3 Å². The molecule has 0 aromatic heterocycles. The van der Waals surface area contributed by atoms with Crippen LogP contribution in [0.15, 0.2) is 53.5 Å². The molecular weight excluding hydrogens is 320 g/mol. The number of carbonyl (C=O) groups excluding carboxylic acids is 3. The van der Waals surface area contributed by atoms with Crippen LogP contribution in [0.4, 0.5) is 16.2 Å². The Morgan fingerprint density at radius 2 is 1.72 bits per heavy atom. The first-order valence-corrected chi connectivity index (χ1v) is 7.84. The largest absolute Gasteiger partial charge is 0.449 e. The van der Waals surface area contributed by atoms with Gasteiger partial charge >= 0.3 is 6.09 Å². The number of unbranched alkanes of at least 4 members (excludes halogenated alkanes) is 1. The highest BCUT2D eigenvalue weighted by atomic mass is 16.5. The number of hydrogen-bond donors (Lipinski definition) is 1. The molecule has 0 bridgehead atoms. The zero-order valence-electron chi connectivity index (χ0n) is 13.6. The van der Waals surface area contributed by atoms with E-state index >= 15 is 0 Å². The molecule has 0 saturated heterocycles. The van der Waals surface area contributed by atoms with Crippen LogP contribution in [0.2, 0.25) is 0 Å². The lowest BCUT2D eigenvalue weighted by atomic mass is 10.0. The molecule has 0 atom stereocenters. The van der Waals surface area contributed by atoms with E-state index < -0.39 is 6.09 Å². The summed E-state index contributed by atoms with van der Waals surface area (Å²) in [6, 6.07) is 14.8. The number of nitrogens with one attached hydrogen (secondary N) is 1. The van der Waals surface area contributed by atoms with Crippen molar-refractivity contribution in [1.29, 1.82) is 0 Å². The van der Waals surface area contributed by atoms with E-state index in [-0.39, 0.29) is 6.61 Å². The second-order valence-corrected chi connectivity index (χ2v) is 5.31. The molecule has 25 heavy (non-hydrogen) atoms. The first-order chi connectivity index (χ1) is 12.2. The summed E-state index contributed by atoms with van der Waals surface area (Å²) in [6.07, 6.45) is 3.39. The summed E-state index contributed by atoms with van der Waals surface area (Å²) in [5, 5.41) is 2.63. The number of isocyanates is 1. The van der Waals surface area contributed by atoms with Crippen LogP contribution >= 0.6 is 0 Å². The van der Waals surface area contributed by atoms with Crippen molar-refractivity contribution < 1.29 is 19.1 Å². The highest BCUT2D eigenvalue weighted by Gasteiger charge is 2.03. The normalized spacial score (nSPS) is 9.76. The predicted molar refractivity (Wildman–Crippen MR) is 93.7 cm³/mol. The average molecular weight is 338 g/mol. The summed E-state index contributed by atoms with van der Waals surface area (Å²) in [6.45, 7) is 0.215. The maximum absolute atomic E-state index is 11.6. The van der Waals surface area contributed by atoms with Crippen molar-refractivity contribution in [2.45, 2.75) is 19.3 Å². The van der Waals surface area contributed by atoms with Crippen LogP contribution in [0.5, 0.6) is 0 Å². The van der Waals surface area contributed by atoms with Gasteiger partial charge in [0, 0.05) is 12.1 Å². The average Bonchev–Trinajstić information content (AvgIpc) is 2.62. The summed E-state index contributed by atoms with van der Waals surface area (Å²) in [5.41, 5.74) is 3.38. The second kappa shape index (κ2) is 9.80. The van der Waals surface area contributed by atoms with E-state index in [4.69, 9.17) is 4.74 Å². The number of aliphatic imine (C=N–C) groups is 1. The third-order valence-corrected chi connectivity index (χ3v) is 3.42. The number of anilines is 1. The lowest BCUT2D eigenvalue weighted by Crippen LogP contribution is -2.14. The van der Waals surface area contributed by atoms with Gasteiger partial charge in [0.2, 0.25) is 6.08 Å². The molecule has 0 saturated carbocycles. The SMILES string of the molecule is O=C=Nc1ccc(Cc2ccc(NC(=O)OCCCC=O)cc2)cc1. The molecule has 2 aromatic rings. The Morgan fingerprint density at radius 3 is 2.32 bits per heavy atom. The monoisotopic (exact) mass is 338 g/mol. The highest BCUT2D eigenvalue weighted by Crippen LogP contribution is 2.17. The van der Waals surface area contributed by atoms with Gasteiger partial charge in [-0.1, -0.05) is 24.3 Å². The molecule has 0 spiro atoms. The van der Waals surface area contributed by atoms with E-state index in [1.165, 1.54) is 6.08 Å². The highest BCUT2D eigenvalue weighted by molar-refractivity contribution is 5.84. The quantitative estimate of drug-likeness (QED) is 0.344. The Kier molecular flexibility index (Phi) is 7.10. The molecule has 0 aliphatic heterocycles. The minimum atomic E-state index is -0.537. The molecule has 128 valence electrons. The maximum atomic E-state index is 11.6. The van der Waals surface area contributed by atoms with Crippen molar-refractivity contribution in [1.82, 2.24) is 0 Å². The van der Waals surface area contributed by atoms with Gasteiger partial charge in [-0.2, -0.15) is 4.99 Å². The Balaban J connectivity index is 1.85. The molecule has 0 aliphatic carbocycles. The van der Waals surface area contributed by atoms with E-state index in [9.17, 15) is 14.4 Å². The van der Waals surface area contributed by atoms with Gasteiger partial charge < -0.3 is 9.53 Å². The number of ether oxygens (including phenoxy) is 1. The fourth-order valence-corrected chi connectivity index (χ4v) is 2.17. The molecule has 0 fully saturated rings. The van der Waals surface area contributed by atoms with Crippen LogP contribution in [0.3, 0.4) is 0 Å². The Bertz CT molecular complexity index is 748. The van der Waals surface area contributed by atoms with E-state index in [2.05, 4.69) is 10.3 Å². The van der Waals surface area contributed by atoms with Crippen molar-refractivity contribution >= 4 is 29.8 Å². The summed E-state index contributed by atoms with van der Waals surface area (Å²) < 4.78 is 4.96. The number of benzene rings is 2. The first-order valence-electron chi connectivity index (χ1n) is 7.84. The summed E-state index contributed by atoms with van der Waals surface area (Å²) >= 11 is 0. The molecule has 0 heterocycles. The molecular formula is C19H18N2O4. The minimum Gasteiger partial charge on any atom is -0.449 e. The van der Waals surface area contributed by atoms with Crippen LogP contribution in [0.1, 0.15) is 24.0 Å². The maximum Gasteiger partial charge on any atom is 0.411 e. The number of amides is 1. The Labute approximate surface area is 145 Å². The van der Waals surface area contributed by atoms with Gasteiger partial charge in [0.15, 0.2) is 0 Å². The van der Waals surface area contributed by atoms with E-state index in [0.717, 1.165) is 23.8 Å². The van der Waals surface area contributed by atoms with Crippen molar-refractivity contribution in [3.8, 4) is 0 Å². The predicted octanol–water partition coefficient (Wildman–Crippen LogP) is 3.77. The van der Waals surface area contributed by atoms with Gasteiger partial charge in [-0.05, 0) is 48.2 Å². The van der Waals surface area contributed by atoms with E-state index in [0.29, 0.717) is 24.2 Å². The van der Waals surface area contributed by atoms with Crippen LogP contribution in [-0.2, 0) is 20.7 Å². The molecule has 0 aliphatic rings. The number of rotatable bonds is 8. The van der Waals surface area contributed by atoms with Crippen LogP contribution in [-0.4, -0.2) is 25.1 Å². The fraction of sp³-hybridized carbons (Fsp3) is 0.211. The van der Waals surface area contributed by atoms with Crippen LogP contribution in [0, 0.1) is 0 Å². The summed E-state index contributed by atoms with van der Waals surface area (Å²) in [5.74, 6) is 0. The number of hydrogen-bond acceptors (Lipinski definition) is 5. The van der Waals surface area contributed by atoms with Gasteiger partial charge in [-0.25, -0.2) is 9.59 Å². The summed E-state index contributed by atoms with van der Waals surface area (Å²) in [7, 11) is 0. The second-order valence-electron chi connectivity index (χ2n) is 5.31. The lowest BCUT2D eigenvalue weighted by Gasteiger charge is -2.07. The zero-order chi connectivity index (χ0) is 17.9. The number of carbonyl (C=O) groups is 2. The standard InChI is InChI=1S/C19H18N2O4/c22-11-1-2-12-25-19(24)21-18-9-5-16(6-10-18)13-15-3-7-17(8-4-15)20-14-23/h3-11H,1-2,12-13H2,(H,21,24). The summed E-state index contributed by atoms with van der Waals surface area (Å²) in [4.78, 5) is 35.5. The van der Waals surface area contributed by atoms with Crippen LogP contribution < -0.4 is 5.32 Å². The number of aldehydes is 1. The van der Waals surface area contributed by atoms with Crippen molar-refractivity contribution in [3.63, 3.8) is 0 Å². The Morgan fingerprint density at radius 1 is 1.08 bits per heavy atom. The minimum absolute atomic E-state index is 0.215. The number of nitrogens with zero attached hydrogens (tertiary/aromatic N) is 1. The molecule has 1 N–H and O–H groups in total. The first kappa shape index (κ1) is 18.1. The topological polar surface area (TPSA) is 84.8 Å². The van der Waals surface area contributed by atoms with Gasteiger partial charge in [-0.15, -0.1) is 0 Å². The van der Waals surface area contributed by atoms with Crippen molar-refractivity contribution in [2.75, 3.05) is 11.9 Å². The molecule has 6 nitrogen and oxygen atoms in total.